The van der Waals surface area contributed by atoms with Gasteiger partial charge in [0.25, 0.3) is 0 Å². The van der Waals surface area contributed by atoms with Gasteiger partial charge in [0, 0.05) is 32.0 Å². The Labute approximate surface area is 96.1 Å². The van der Waals surface area contributed by atoms with Crippen molar-refractivity contribution < 1.29 is 9.59 Å². The largest absolute Gasteiger partial charge is 0.370 e. The van der Waals surface area contributed by atoms with Crippen LogP contribution in [0.25, 0.3) is 0 Å². The summed E-state index contributed by atoms with van der Waals surface area (Å²) >= 11 is 0. The fourth-order valence-electron chi connectivity index (χ4n) is 2.05. The Morgan fingerprint density at radius 1 is 1.38 bits per heavy atom. The van der Waals surface area contributed by atoms with Crippen LogP contribution in [-0.4, -0.2) is 36.3 Å². The van der Waals surface area contributed by atoms with E-state index in [1.165, 1.54) is 0 Å². The summed E-state index contributed by atoms with van der Waals surface area (Å²) in [6.07, 6.45) is 2.17. The number of hydrogen-bond acceptors (Lipinski definition) is 3. The molecule has 1 fully saturated rings. The summed E-state index contributed by atoms with van der Waals surface area (Å²) < 4.78 is 0. The van der Waals surface area contributed by atoms with Gasteiger partial charge in [0.15, 0.2) is 0 Å². The van der Waals surface area contributed by atoms with E-state index in [0.717, 1.165) is 25.9 Å². The third-order valence-electron chi connectivity index (χ3n) is 3.19. The molecule has 92 valence electrons. The van der Waals surface area contributed by atoms with Crippen LogP contribution in [0.5, 0.6) is 0 Å². The third kappa shape index (κ3) is 3.48. The molecular weight excluding hydrogens is 206 g/mol. The van der Waals surface area contributed by atoms with Crippen molar-refractivity contribution in [2.45, 2.75) is 26.2 Å². The van der Waals surface area contributed by atoms with Gasteiger partial charge >= 0.3 is 0 Å². The number of rotatable bonds is 4. The number of piperidine rings is 1. The van der Waals surface area contributed by atoms with Crippen LogP contribution < -0.4 is 11.5 Å². The quantitative estimate of drug-likeness (QED) is 0.690. The normalized spacial score (nSPS) is 19.5. The SMILES string of the molecule is CC(CN)C(=O)N1CCC(CC(N)=O)CC1. The van der Waals surface area contributed by atoms with Crippen molar-refractivity contribution in [3.8, 4) is 0 Å². The molecule has 5 nitrogen and oxygen atoms in total. The van der Waals surface area contributed by atoms with E-state index in [-0.39, 0.29) is 17.7 Å². The zero-order chi connectivity index (χ0) is 12.1. The van der Waals surface area contributed by atoms with E-state index in [2.05, 4.69) is 0 Å². The summed E-state index contributed by atoms with van der Waals surface area (Å²) in [7, 11) is 0. The molecule has 5 heteroatoms. The van der Waals surface area contributed by atoms with Gasteiger partial charge in [-0.25, -0.2) is 0 Å². The third-order valence-corrected chi connectivity index (χ3v) is 3.19. The predicted octanol–water partition coefficient (Wildman–Crippen LogP) is -0.305. The Morgan fingerprint density at radius 3 is 2.38 bits per heavy atom. The number of amides is 2. The highest BCUT2D eigenvalue weighted by Gasteiger charge is 2.25. The summed E-state index contributed by atoms with van der Waals surface area (Å²) in [4.78, 5) is 24.4. The lowest BCUT2D eigenvalue weighted by Gasteiger charge is -2.33. The van der Waals surface area contributed by atoms with Crippen LogP contribution in [-0.2, 0) is 9.59 Å². The van der Waals surface area contributed by atoms with Crippen molar-refractivity contribution in [1.82, 2.24) is 4.90 Å². The van der Waals surface area contributed by atoms with Gasteiger partial charge in [0.2, 0.25) is 11.8 Å². The second-order valence-corrected chi connectivity index (χ2v) is 4.58. The monoisotopic (exact) mass is 227 g/mol. The summed E-state index contributed by atoms with van der Waals surface area (Å²) in [6.45, 7) is 3.68. The molecule has 16 heavy (non-hydrogen) atoms. The van der Waals surface area contributed by atoms with E-state index in [1.54, 1.807) is 0 Å². The first-order valence-corrected chi connectivity index (χ1v) is 5.81. The standard InChI is InChI=1S/C11H21N3O2/c1-8(7-12)11(16)14-4-2-9(3-5-14)6-10(13)15/h8-9H,2-7,12H2,1H3,(H2,13,15). The van der Waals surface area contributed by atoms with Gasteiger partial charge in [-0.2, -0.15) is 0 Å². The number of nitrogens with zero attached hydrogens (tertiary/aromatic N) is 1. The molecule has 4 N–H and O–H groups in total. The first kappa shape index (κ1) is 13.0. The Kier molecular flexibility index (Phi) is 4.73. The van der Waals surface area contributed by atoms with Gasteiger partial charge in [-0.1, -0.05) is 6.92 Å². The van der Waals surface area contributed by atoms with Crippen molar-refractivity contribution in [2.24, 2.45) is 23.3 Å². The van der Waals surface area contributed by atoms with Crippen molar-refractivity contribution in [1.29, 1.82) is 0 Å². The molecule has 0 aromatic carbocycles. The van der Waals surface area contributed by atoms with Gasteiger partial charge in [0.1, 0.15) is 0 Å². The molecule has 0 saturated carbocycles. The fraction of sp³-hybridized carbons (Fsp3) is 0.818. The lowest BCUT2D eigenvalue weighted by molar-refractivity contribution is -0.136. The number of nitrogens with two attached hydrogens (primary N) is 2. The number of hydrogen-bond donors (Lipinski definition) is 2. The second kappa shape index (κ2) is 5.84. The van der Waals surface area contributed by atoms with Gasteiger partial charge in [-0.3, -0.25) is 9.59 Å². The molecule has 1 saturated heterocycles. The molecule has 1 atom stereocenters. The van der Waals surface area contributed by atoms with Crippen LogP contribution >= 0.6 is 0 Å². The average molecular weight is 227 g/mol. The minimum absolute atomic E-state index is 0.104. The van der Waals surface area contributed by atoms with Crippen molar-refractivity contribution in [3.05, 3.63) is 0 Å². The molecule has 0 aliphatic carbocycles. The predicted molar refractivity (Wildman–Crippen MR) is 61.3 cm³/mol. The first-order chi connectivity index (χ1) is 7.54. The Balaban J connectivity index is 2.37. The summed E-state index contributed by atoms with van der Waals surface area (Å²) in [5.41, 5.74) is 10.6. The number of primary amides is 1. The van der Waals surface area contributed by atoms with E-state index >= 15 is 0 Å². The Hall–Kier alpha value is -1.10. The molecule has 0 aromatic heterocycles. The second-order valence-electron chi connectivity index (χ2n) is 4.58. The van der Waals surface area contributed by atoms with E-state index < -0.39 is 0 Å². The molecule has 0 bridgehead atoms. The highest BCUT2D eigenvalue weighted by Crippen LogP contribution is 2.21. The molecular formula is C11H21N3O2. The van der Waals surface area contributed by atoms with Crippen molar-refractivity contribution in [3.63, 3.8) is 0 Å². The van der Waals surface area contributed by atoms with Gasteiger partial charge in [-0.05, 0) is 18.8 Å². The van der Waals surface area contributed by atoms with Crippen LogP contribution in [0.4, 0.5) is 0 Å². The maximum atomic E-state index is 11.8. The van der Waals surface area contributed by atoms with Crippen LogP contribution in [0.3, 0.4) is 0 Å². The molecule has 2 amide bonds. The zero-order valence-electron chi connectivity index (χ0n) is 9.82. The summed E-state index contributed by atoms with van der Waals surface area (Å²) in [6, 6.07) is 0. The van der Waals surface area contributed by atoms with Crippen LogP contribution in [0.15, 0.2) is 0 Å². The number of carbonyl (C=O) groups excluding carboxylic acids is 2. The average Bonchev–Trinajstić information content (AvgIpc) is 2.27. The molecule has 0 aromatic rings. The van der Waals surface area contributed by atoms with E-state index in [4.69, 9.17) is 11.5 Å². The van der Waals surface area contributed by atoms with E-state index in [9.17, 15) is 9.59 Å². The van der Waals surface area contributed by atoms with E-state index in [0.29, 0.717) is 18.9 Å². The van der Waals surface area contributed by atoms with Gasteiger partial charge in [-0.15, -0.1) is 0 Å². The minimum Gasteiger partial charge on any atom is -0.370 e. The Morgan fingerprint density at radius 2 is 1.94 bits per heavy atom. The minimum atomic E-state index is -0.250. The molecule has 0 spiro atoms. The van der Waals surface area contributed by atoms with E-state index in [1.807, 2.05) is 11.8 Å². The number of carbonyl (C=O) groups is 2. The van der Waals surface area contributed by atoms with Crippen molar-refractivity contribution in [2.75, 3.05) is 19.6 Å². The van der Waals surface area contributed by atoms with Crippen molar-refractivity contribution >= 4 is 11.8 Å². The lowest BCUT2D eigenvalue weighted by Crippen LogP contribution is -2.43. The number of likely N-dealkylation sites (tertiary alicyclic amines) is 1. The lowest BCUT2D eigenvalue weighted by atomic mass is 9.92. The van der Waals surface area contributed by atoms with Gasteiger partial charge < -0.3 is 16.4 Å². The highest BCUT2D eigenvalue weighted by atomic mass is 16.2. The molecule has 1 heterocycles. The summed E-state index contributed by atoms with van der Waals surface area (Å²) in [5.74, 6) is 0.113. The van der Waals surface area contributed by atoms with Crippen LogP contribution in [0.2, 0.25) is 0 Å². The molecule has 1 aliphatic rings. The zero-order valence-corrected chi connectivity index (χ0v) is 9.82. The smallest absolute Gasteiger partial charge is 0.226 e. The van der Waals surface area contributed by atoms with Crippen LogP contribution in [0.1, 0.15) is 26.2 Å². The first-order valence-electron chi connectivity index (χ1n) is 5.81. The Bertz CT molecular complexity index is 260. The molecule has 0 radical (unpaired) electrons. The highest BCUT2D eigenvalue weighted by molar-refractivity contribution is 5.79. The maximum absolute atomic E-state index is 11.8. The summed E-state index contributed by atoms with van der Waals surface area (Å²) in [5, 5.41) is 0. The van der Waals surface area contributed by atoms with Crippen LogP contribution in [0, 0.1) is 11.8 Å². The molecule has 1 rings (SSSR count). The fourth-order valence-corrected chi connectivity index (χ4v) is 2.05. The van der Waals surface area contributed by atoms with Gasteiger partial charge in [0.05, 0.1) is 0 Å². The topological polar surface area (TPSA) is 89.4 Å². The molecule has 1 unspecified atom stereocenters. The molecule has 1 aliphatic heterocycles. The maximum Gasteiger partial charge on any atom is 0.226 e.